The minimum Gasteiger partial charge on any atom is -0.265 e. The van der Waals surface area contributed by atoms with Crippen molar-refractivity contribution in [2.75, 3.05) is 0 Å². The zero-order valence-corrected chi connectivity index (χ0v) is 5.26. The van der Waals surface area contributed by atoms with Crippen LogP contribution in [0.3, 0.4) is 0 Å². The van der Waals surface area contributed by atoms with Crippen LogP contribution < -0.4 is 18.9 Å². The topological polar surface area (TPSA) is 4.36 Å². The molecule has 0 spiro atoms. The first-order chi connectivity index (χ1) is 3.93. The molecule has 0 aliphatic heterocycles. The monoisotopic (exact) mass is 109 g/mol. The van der Waals surface area contributed by atoms with Gasteiger partial charge in [0.25, 0.3) is 0 Å². The molecule has 0 atom stereocenters. The molecule has 38 valence electrons. The van der Waals surface area contributed by atoms with E-state index in [-0.39, 0.29) is 18.9 Å². The fraction of sp³-hybridized carbons (Fsp3) is 0. The summed E-state index contributed by atoms with van der Waals surface area (Å²) >= 11 is 0. The van der Waals surface area contributed by atoms with Crippen molar-refractivity contribution in [3.05, 3.63) is 41.7 Å². The Hall–Kier alpha value is -0.693. The van der Waals surface area contributed by atoms with Crippen molar-refractivity contribution in [2.45, 2.75) is 0 Å². The van der Waals surface area contributed by atoms with Crippen LogP contribution in [0.4, 0.5) is 5.69 Å². The summed E-state index contributed by atoms with van der Waals surface area (Å²) in [7, 11) is 0. The molecule has 0 bridgehead atoms. The van der Waals surface area contributed by atoms with Gasteiger partial charge in [0.2, 0.25) is 0 Å². The predicted molar refractivity (Wildman–Crippen MR) is 31.5 cm³/mol. The van der Waals surface area contributed by atoms with Crippen molar-refractivity contribution in [3.63, 3.8) is 0 Å². The second-order valence-electron chi connectivity index (χ2n) is 1.36. The Labute approximate surface area is 66.7 Å². The molecule has 1 aromatic rings. The van der Waals surface area contributed by atoms with Gasteiger partial charge in [0.05, 0.1) is 12.3 Å². The molecule has 0 saturated heterocycles. The molecule has 0 N–H and O–H groups in total. The number of benzene rings is 1. The Morgan fingerprint density at radius 3 is 2.56 bits per heavy atom. The van der Waals surface area contributed by atoms with E-state index in [9.17, 15) is 0 Å². The van der Waals surface area contributed by atoms with Gasteiger partial charge in [0.15, 0.2) is 0 Å². The number of nitrogens with zero attached hydrogens (tertiary/aromatic N) is 1. The average molecular weight is 109 g/mol. The molecule has 0 aliphatic carbocycles. The fourth-order valence-electron chi connectivity index (χ4n) is 0.453. The first-order valence-corrected chi connectivity index (χ1v) is 2.27. The fourth-order valence-corrected chi connectivity index (χ4v) is 0.453. The van der Waals surface area contributed by atoms with Gasteiger partial charge in [-0.05, 0) is 0 Å². The number of para-hydroxylation sites is 1. The largest absolute Gasteiger partial charge is 1.00 e. The summed E-state index contributed by atoms with van der Waals surface area (Å²) in [6, 6.07) is 9.89. The van der Waals surface area contributed by atoms with E-state index in [1.54, 1.807) is 12.1 Å². The molecule has 0 aliphatic rings. The Balaban J connectivity index is 0.000000640. The maximum Gasteiger partial charge on any atom is 1.00 e. The molecule has 1 nitrogen and oxygen atoms in total. The Morgan fingerprint density at radius 1 is 1.44 bits per heavy atom. The molecular formula is C7H4LiN. The maximum atomic E-state index is 6.54. The molecular weight excluding hydrogens is 105 g/mol. The van der Waals surface area contributed by atoms with E-state index in [0.29, 0.717) is 5.69 Å². The second kappa shape index (κ2) is 4.21. The summed E-state index contributed by atoms with van der Waals surface area (Å²) in [5, 5.41) is 0. The van der Waals surface area contributed by atoms with Crippen molar-refractivity contribution in [3.8, 4) is 0 Å². The third-order valence-corrected chi connectivity index (χ3v) is 0.813. The van der Waals surface area contributed by atoms with Gasteiger partial charge in [0.1, 0.15) is 0 Å². The summed E-state index contributed by atoms with van der Waals surface area (Å²) in [5.74, 6) is 0. The van der Waals surface area contributed by atoms with Crippen molar-refractivity contribution >= 4 is 5.69 Å². The van der Waals surface area contributed by atoms with Crippen molar-refractivity contribution in [1.82, 2.24) is 0 Å². The first-order valence-electron chi connectivity index (χ1n) is 2.27. The summed E-state index contributed by atoms with van der Waals surface area (Å²) < 4.78 is 0. The van der Waals surface area contributed by atoms with Crippen LogP contribution in [0, 0.1) is 12.6 Å². The van der Waals surface area contributed by atoms with Crippen LogP contribution in [-0.2, 0) is 0 Å². The maximum absolute atomic E-state index is 6.54. The summed E-state index contributed by atoms with van der Waals surface area (Å²) in [4.78, 5) is 3.16. The Kier molecular flexibility index (Phi) is 3.89. The van der Waals surface area contributed by atoms with E-state index >= 15 is 0 Å². The SMILES string of the molecule is [C-]#[N+]c1[c-]cccc1.[Li+]. The molecule has 0 amide bonds. The number of hydrogen-bond acceptors (Lipinski definition) is 0. The van der Waals surface area contributed by atoms with E-state index in [1.165, 1.54) is 0 Å². The third-order valence-electron chi connectivity index (χ3n) is 0.813. The van der Waals surface area contributed by atoms with Gasteiger partial charge < -0.3 is 0 Å². The van der Waals surface area contributed by atoms with E-state index in [0.717, 1.165) is 0 Å². The Morgan fingerprint density at radius 2 is 2.22 bits per heavy atom. The quantitative estimate of drug-likeness (QED) is 0.298. The molecule has 1 rings (SSSR count). The summed E-state index contributed by atoms with van der Waals surface area (Å²) in [5.41, 5.74) is 0.576. The minimum atomic E-state index is 0. The van der Waals surface area contributed by atoms with E-state index in [1.807, 2.05) is 12.1 Å². The van der Waals surface area contributed by atoms with Crippen LogP contribution in [0.5, 0.6) is 0 Å². The first kappa shape index (κ1) is 8.31. The number of rotatable bonds is 0. The van der Waals surface area contributed by atoms with Gasteiger partial charge in [-0.15, -0.1) is 0 Å². The second-order valence-corrected chi connectivity index (χ2v) is 1.36. The van der Waals surface area contributed by atoms with Crippen LogP contribution in [0.2, 0.25) is 0 Å². The van der Waals surface area contributed by atoms with Crippen LogP contribution in [-0.4, -0.2) is 0 Å². The number of hydrogen-bond donors (Lipinski definition) is 0. The van der Waals surface area contributed by atoms with Crippen molar-refractivity contribution in [2.24, 2.45) is 0 Å². The molecule has 0 aromatic heterocycles. The van der Waals surface area contributed by atoms with Gasteiger partial charge in [0, 0.05) is 0 Å². The van der Waals surface area contributed by atoms with Gasteiger partial charge in [-0.3, -0.25) is 4.85 Å². The summed E-state index contributed by atoms with van der Waals surface area (Å²) in [6.45, 7) is 6.54. The zero-order valence-electron chi connectivity index (χ0n) is 5.26. The van der Waals surface area contributed by atoms with Crippen LogP contribution in [0.25, 0.3) is 4.85 Å². The normalized spacial score (nSPS) is 7.00. The summed E-state index contributed by atoms with van der Waals surface area (Å²) in [6.07, 6.45) is 0. The molecule has 0 saturated carbocycles. The van der Waals surface area contributed by atoms with Crippen LogP contribution >= 0.6 is 0 Å². The molecule has 0 heterocycles. The molecule has 0 radical (unpaired) electrons. The standard InChI is InChI=1S/C7H4N.Li/c1-8-7-5-3-2-4-6-7;/h2-5H;/q-1;+1. The van der Waals surface area contributed by atoms with E-state index in [4.69, 9.17) is 6.57 Å². The van der Waals surface area contributed by atoms with Crippen molar-refractivity contribution in [1.29, 1.82) is 0 Å². The van der Waals surface area contributed by atoms with Crippen LogP contribution in [0.1, 0.15) is 0 Å². The predicted octanol–water partition coefficient (Wildman–Crippen LogP) is -0.958. The van der Waals surface area contributed by atoms with E-state index in [2.05, 4.69) is 10.9 Å². The molecule has 9 heavy (non-hydrogen) atoms. The van der Waals surface area contributed by atoms with Gasteiger partial charge >= 0.3 is 18.9 Å². The Bertz CT molecular complexity index is 200. The van der Waals surface area contributed by atoms with Gasteiger partial charge in [-0.2, -0.15) is 30.3 Å². The smallest absolute Gasteiger partial charge is 0.265 e. The van der Waals surface area contributed by atoms with Gasteiger partial charge in [-0.25, -0.2) is 0 Å². The molecule has 1 aromatic carbocycles. The van der Waals surface area contributed by atoms with Gasteiger partial charge in [-0.1, -0.05) is 0 Å². The third kappa shape index (κ3) is 2.38. The van der Waals surface area contributed by atoms with E-state index < -0.39 is 0 Å². The zero-order chi connectivity index (χ0) is 5.82. The molecule has 0 fully saturated rings. The van der Waals surface area contributed by atoms with Crippen LogP contribution in [0.15, 0.2) is 24.3 Å². The van der Waals surface area contributed by atoms with Crippen molar-refractivity contribution < 1.29 is 18.9 Å². The average Bonchev–Trinajstić information content (AvgIpc) is 1.90. The molecule has 0 unspecified atom stereocenters. The molecule has 2 heteroatoms. The minimum absolute atomic E-state index is 0.